The molecule has 152 valence electrons. The molecule has 0 spiro atoms. The number of anilines is 1. The van der Waals surface area contributed by atoms with Crippen molar-refractivity contribution in [1.82, 2.24) is 10.2 Å². The van der Waals surface area contributed by atoms with Gasteiger partial charge in [0.2, 0.25) is 5.91 Å². The van der Waals surface area contributed by atoms with Crippen LogP contribution in [-0.4, -0.2) is 49.7 Å². The van der Waals surface area contributed by atoms with Gasteiger partial charge in [-0.1, -0.05) is 30.3 Å². The number of ether oxygens (including phenoxy) is 2. The van der Waals surface area contributed by atoms with Crippen molar-refractivity contribution in [2.24, 2.45) is 0 Å². The highest BCUT2D eigenvalue weighted by Gasteiger charge is 2.24. The molecule has 1 N–H and O–H groups in total. The first-order chi connectivity index (χ1) is 14.2. The number of amides is 3. The Morgan fingerprint density at radius 2 is 1.72 bits per heavy atom. The Morgan fingerprint density at radius 3 is 2.48 bits per heavy atom. The van der Waals surface area contributed by atoms with Gasteiger partial charge in [0.25, 0.3) is 0 Å². The second-order valence-electron chi connectivity index (χ2n) is 7.25. The van der Waals surface area contributed by atoms with Crippen LogP contribution in [0.1, 0.15) is 17.5 Å². The molecule has 2 saturated heterocycles. The second kappa shape index (κ2) is 9.07. The van der Waals surface area contributed by atoms with Crippen molar-refractivity contribution in [1.29, 1.82) is 0 Å². The first-order valence-corrected chi connectivity index (χ1v) is 9.89. The smallest absolute Gasteiger partial charge is 0.328 e. The van der Waals surface area contributed by atoms with Crippen LogP contribution >= 0.6 is 0 Å². The molecule has 7 heteroatoms. The minimum absolute atomic E-state index is 0.240. The van der Waals surface area contributed by atoms with Crippen molar-refractivity contribution in [2.75, 3.05) is 37.7 Å². The van der Waals surface area contributed by atoms with E-state index < -0.39 is 6.03 Å². The standard InChI is InChI=1S/C22H25N3O4/c26-21-8-9-25(22(27)23-21)19-2-1-3-20(14-19)29-16-18-6-4-17(5-7-18)15-24-10-12-28-13-11-24/h1-7,14H,8-13,15-16H2,(H,23,26,27). The maximum absolute atomic E-state index is 12.0. The summed E-state index contributed by atoms with van der Waals surface area (Å²) in [6, 6.07) is 15.4. The molecule has 0 aliphatic carbocycles. The van der Waals surface area contributed by atoms with Gasteiger partial charge < -0.3 is 9.47 Å². The molecule has 0 aromatic heterocycles. The number of benzene rings is 2. The summed E-state index contributed by atoms with van der Waals surface area (Å²) in [5.41, 5.74) is 3.08. The average Bonchev–Trinajstić information content (AvgIpc) is 2.74. The van der Waals surface area contributed by atoms with Gasteiger partial charge >= 0.3 is 6.03 Å². The molecular weight excluding hydrogens is 370 g/mol. The number of hydrogen-bond donors (Lipinski definition) is 1. The quantitative estimate of drug-likeness (QED) is 0.814. The van der Waals surface area contributed by atoms with Crippen molar-refractivity contribution >= 4 is 17.6 Å². The summed E-state index contributed by atoms with van der Waals surface area (Å²) in [6.45, 7) is 5.33. The Bertz CT molecular complexity index is 863. The predicted octanol–water partition coefficient (Wildman–Crippen LogP) is 2.54. The number of nitrogens with zero attached hydrogens (tertiary/aromatic N) is 2. The first kappa shape index (κ1) is 19.4. The zero-order valence-electron chi connectivity index (χ0n) is 16.3. The fourth-order valence-electron chi connectivity index (χ4n) is 3.48. The van der Waals surface area contributed by atoms with E-state index in [0.29, 0.717) is 31.0 Å². The lowest BCUT2D eigenvalue weighted by Gasteiger charge is -2.26. The van der Waals surface area contributed by atoms with Gasteiger partial charge in [-0.3, -0.25) is 19.9 Å². The molecule has 3 amide bonds. The van der Waals surface area contributed by atoms with E-state index in [0.717, 1.165) is 38.4 Å². The zero-order chi connectivity index (χ0) is 20.1. The van der Waals surface area contributed by atoms with Gasteiger partial charge in [-0.05, 0) is 23.3 Å². The summed E-state index contributed by atoms with van der Waals surface area (Å²) < 4.78 is 11.3. The van der Waals surface area contributed by atoms with E-state index >= 15 is 0 Å². The molecular formula is C22H25N3O4. The molecule has 0 atom stereocenters. The molecule has 2 aromatic carbocycles. The third kappa shape index (κ3) is 5.13. The minimum atomic E-state index is -0.394. The zero-order valence-corrected chi connectivity index (χ0v) is 16.3. The van der Waals surface area contributed by atoms with Gasteiger partial charge in [-0.2, -0.15) is 0 Å². The minimum Gasteiger partial charge on any atom is -0.489 e. The summed E-state index contributed by atoms with van der Waals surface area (Å²) in [5.74, 6) is 0.445. The average molecular weight is 395 g/mol. The number of morpholine rings is 1. The Labute approximate surface area is 170 Å². The Morgan fingerprint density at radius 1 is 0.966 bits per heavy atom. The van der Waals surface area contributed by atoms with Crippen LogP contribution in [-0.2, 0) is 22.7 Å². The highest BCUT2D eigenvalue weighted by molar-refractivity contribution is 6.05. The van der Waals surface area contributed by atoms with Crippen molar-refractivity contribution in [3.63, 3.8) is 0 Å². The monoisotopic (exact) mass is 395 g/mol. The Hall–Kier alpha value is -2.90. The lowest BCUT2D eigenvalue weighted by Crippen LogP contribution is -2.49. The number of hydrogen-bond acceptors (Lipinski definition) is 5. The molecule has 2 heterocycles. The largest absolute Gasteiger partial charge is 0.489 e. The Balaban J connectivity index is 1.33. The van der Waals surface area contributed by atoms with Crippen LogP contribution in [0.2, 0.25) is 0 Å². The van der Waals surface area contributed by atoms with Crippen LogP contribution in [0.3, 0.4) is 0 Å². The highest BCUT2D eigenvalue weighted by atomic mass is 16.5. The van der Waals surface area contributed by atoms with E-state index in [9.17, 15) is 9.59 Å². The fraction of sp³-hybridized carbons (Fsp3) is 0.364. The van der Waals surface area contributed by atoms with E-state index in [1.165, 1.54) is 5.56 Å². The van der Waals surface area contributed by atoms with E-state index in [4.69, 9.17) is 9.47 Å². The molecule has 4 rings (SSSR count). The summed E-state index contributed by atoms with van der Waals surface area (Å²) in [6.07, 6.45) is 0.299. The molecule has 29 heavy (non-hydrogen) atoms. The third-order valence-corrected chi connectivity index (χ3v) is 5.12. The normalized spacial score (nSPS) is 17.9. The molecule has 0 bridgehead atoms. The molecule has 7 nitrogen and oxygen atoms in total. The maximum atomic E-state index is 12.0. The molecule has 0 saturated carbocycles. The van der Waals surface area contributed by atoms with Crippen molar-refractivity contribution < 1.29 is 19.1 Å². The van der Waals surface area contributed by atoms with Crippen molar-refractivity contribution in [2.45, 2.75) is 19.6 Å². The van der Waals surface area contributed by atoms with Gasteiger partial charge in [-0.15, -0.1) is 0 Å². The SMILES string of the molecule is O=C1CCN(c2cccc(OCc3ccc(CN4CCOCC4)cc3)c2)C(=O)N1. The van der Waals surface area contributed by atoms with E-state index in [2.05, 4.69) is 34.5 Å². The second-order valence-corrected chi connectivity index (χ2v) is 7.25. The molecule has 2 fully saturated rings. The van der Waals surface area contributed by atoms with Crippen LogP contribution in [0.15, 0.2) is 48.5 Å². The fourth-order valence-corrected chi connectivity index (χ4v) is 3.48. The van der Waals surface area contributed by atoms with Gasteiger partial charge in [0.1, 0.15) is 12.4 Å². The van der Waals surface area contributed by atoms with Gasteiger partial charge in [0.05, 0.1) is 13.2 Å². The van der Waals surface area contributed by atoms with Crippen LogP contribution in [0.4, 0.5) is 10.5 Å². The van der Waals surface area contributed by atoms with Crippen molar-refractivity contribution in [3.8, 4) is 5.75 Å². The lowest BCUT2D eigenvalue weighted by molar-refractivity contribution is -0.120. The predicted molar refractivity (Wildman–Crippen MR) is 109 cm³/mol. The molecule has 0 unspecified atom stereocenters. The number of urea groups is 1. The van der Waals surface area contributed by atoms with E-state index in [1.54, 1.807) is 4.90 Å². The van der Waals surface area contributed by atoms with Crippen LogP contribution in [0.25, 0.3) is 0 Å². The highest BCUT2D eigenvalue weighted by Crippen LogP contribution is 2.23. The van der Waals surface area contributed by atoms with Crippen LogP contribution in [0, 0.1) is 0 Å². The van der Waals surface area contributed by atoms with Gasteiger partial charge in [0, 0.05) is 44.4 Å². The molecule has 2 aliphatic rings. The van der Waals surface area contributed by atoms with Gasteiger partial charge in [-0.25, -0.2) is 4.79 Å². The summed E-state index contributed by atoms with van der Waals surface area (Å²) in [5, 5.41) is 2.34. The van der Waals surface area contributed by atoms with E-state index in [1.807, 2.05) is 24.3 Å². The topological polar surface area (TPSA) is 71.1 Å². The maximum Gasteiger partial charge on any atom is 0.328 e. The lowest BCUT2D eigenvalue weighted by atomic mass is 10.1. The summed E-state index contributed by atoms with van der Waals surface area (Å²) in [4.78, 5) is 27.3. The molecule has 0 radical (unpaired) electrons. The van der Waals surface area contributed by atoms with Gasteiger partial charge in [0.15, 0.2) is 0 Å². The summed E-state index contributed by atoms with van der Waals surface area (Å²) >= 11 is 0. The number of imide groups is 1. The Kier molecular flexibility index (Phi) is 6.07. The molecule has 2 aliphatic heterocycles. The summed E-state index contributed by atoms with van der Waals surface area (Å²) in [7, 11) is 0. The van der Waals surface area contributed by atoms with Crippen LogP contribution in [0.5, 0.6) is 5.75 Å². The van der Waals surface area contributed by atoms with E-state index in [-0.39, 0.29) is 5.91 Å². The molecule has 2 aromatic rings. The number of carbonyl (C=O) groups excluding carboxylic acids is 2. The van der Waals surface area contributed by atoms with Crippen LogP contribution < -0.4 is 15.0 Å². The third-order valence-electron chi connectivity index (χ3n) is 5.12. The number of nitrogens with one attached hydrogen (secondary N) is 1. The first-order valence-electron chi connectivity index (χ1n) is 9.89. The number of carbonyl (C=O) groups is 2. The van der Waals surface area contributed by atoms with Crippen molar-refractivity contribution in [3.05, 3.63) is 59.7 Å². The number of rotatable bonds is 6.